The molecule has 2 N–H and O–H groups in total. The summed E-state index contributed by atoms with van der Waals surface area (Å²) < 4.78 is 11.4. The number of rotatable bonds is 7. The van der Waals surface area contributed by atoms with E-state index in [-0.39, 0.29) is 29.8 Å². The van der Waals surface area contributed by atoms with Gasteiger partial charge in [-0.1, -0.05) is 30.3 Å². The molecule has 4 rings (SSSR count). The van der Waals surface area contributed by atoms with Crippen LogP contribution in [0, 0.1) is 11.8 Å². The maximum atomic E-state index is 12.6. The minimum atomic E-state index is -0.297. The Hall–Kier alpha value is -2.86. The summed E-state index contributed by atoms with van der Waals surface area (Å²) in [5.74, 6) is 0.493. The van der Waals surface area contributed by atoms with E-state index >= 15 is 0 Å². The summed E-state index contributed by atoms with van der Waals surface area (Å²) in [5, 5.41) is 5.82. The molecule has 0 bridgehead atoms. The molecular weight excluding hydrogens is 356 g/mol. The van der Waals surface area contributed by atoms with Gasteiger partial charge < -0.3 is 20.1 Å². The molecule has 28 heavy (non-hydrogen) atoms. The normalized spacial score (nSPS) is 23.1. The molecule has 6 nitrogen and oxygen atoms in total. The van der Waals surface area contributed by atoms with E-state index in [0.29, 0.717) is 30.2 Å². The van der Waals surface area contributed by atoms with Gasteiger partial charge in [0, 0.05) is 13.2 Å². The van der Waals surface area contributed by atoms with Gasteiger partial charge >= 0.3 is 0 Å². The zero-order valence-electron chi connectivity index (χ0n) is 15.6. The van der Waals surface area contributed by atoms with Gasteiger partial charge in [0.05, 0.1) is 23.6 Å². The summed E-state index contributed by atoms with van der Waals surface area (Å²) in [4.78, 5) is 24.8. The van der Waals surface area contributed by atoms with E-state index in [1.54, 1.807) is 12.1 Å². The molecule has 2 aliphatic rings. The summed E-state index contributed by atoms with van der Waals surface area (Å²) >= 11 is 0. The van der Waals surface area contributed by atoms with Crippen molar-refractivity contribution >= 4 is 17.5 Å². The van der Waals surface area contributed by atoms with Crippen molar-refractivity contribution in [3.63, 3.8) is 0 Å². The smallest absolute Gasteiger partial charge is 0.228 e. The maximum absolute atomic E-state index is 12.6. The van der Waals surface area contributed by atoms with Crippen molar-refractivity contribution in [3.8, 4) is 11.5 Å². The highest BCUT2D eigenvalue weighted by atomic mass is 16.5. The number of ether oxygens (including phenoxy) is 2. The first-order valence-corrected chi connectivity index (χ1v) is 9.73. The highest BCUT2D eigenvalue weighted by Crippen LogP contribution is 2.40. The van der Waals surface area contributed by atoms with Gasteiger partial charge in [0.25, 0.3) is 0 Å². The third-order valence-electron chi connectivity index (χ3n) is 5.11. The Kier molecular flexibility index (Phi) is 5.58. The number of nitrogens with one attached hydrogen (secondary N) is 2. The van der Waals surface area contributed by atoms with Gasteiger partial charge in [0.1, 0.15) is 5.75 Å². The van der Waals surface area contributed by atoms with Crippen LogP contribution in [-0.2, 0) is 14.3 Å². The average Bonchev–Trinajstić information content (AvgIpc) is 3.36. The van der Waals surface area contributed by atoms with Crippen LogP contribution in [0.25, 0.3) is 0 Å². The van der Waals surface area contributed by atoms with Crippen molar-refractivity contribution in [3.05, 3.63) is 54.6 Å². The van der Waals surface area contributed by atoms with Crippen molar-refractivity contribution < 1.29 is 19.1 Å². The molecule has 2 amide bonds. The minimum absolute atomic E-state index is 0.0653. The summed E-state index contributed by atoms with van der Waals surface area (Å²) in [6, 6.07) is 16.7. The number of para-hydroxylation sites is 3. The molecule has 1 saturated carbocycles. The topological polar surface area (TPSA) is 76.7 Å². The Morgan fingerprint density at radius 2 is 1.75 bits per heavy atom. The molecule has 0 radical (unpaired) electrons. The second kappa shape index (κ2) is 8.44. The highest BCUT2D eigenvalue weighted by Gasteiger charge is 2.48. The Balaban J connectivity index is 1.31. The van der Waals surface area contributed by atoms with Crippen molar-refractivity contribution in [1.29, 1.82) is 0 Å². The van der Waals surface area contributed by atoms with Crippen LogP contribution in [0.5, 0.6) is 11.5 Å². The number of benzene rings is 2. The van der Waals surface area contributed by atoms with E-state index in [4.69, 9.17) is 9.47 Å². The monoisotopic (exact) mass is 380 g/mol. The predicted molar refractivity (Wildman–Crippen MR) is 105 cm³/mol. The van der Waals surface area contributed by atoms with Crippen molar-refractivity contribution in [2.45, 2.75) is 25.4 Å². The largest absolute Gasteiger partial charge is 0.455 e. The van der Waals surface area contributed by atoms with Crippen LogP contribution < -0.4 is 15.4 Å². The fraction of sp³-hybridized carbons (Fsp3) is 0.364. The number of hydrogen-bond acceptors (Lipinski definition) is 4. The Bertz CT molecular complexity index is 833. The zero-order chi connectivity index (χ0) is 19.3. The fourth-order valence-corrected chi connectivity index (χ4v) is 3.43. The van der Waals surface area contributed by atoms with Crippen LogP contribution in [0.3, 0.4) is 0 Å². The number of anilines is 1. The maximum Gasteiger partial charge on any atom is 0.228 e. The fourth-order valence-electron chi connectivity index (χ4n) is 3.43. The van der Waals surface area contributed by atoms with E-state index in [2.05, 4.69) is 10.6 Å². The van der Waals surface area contributed by atoms with Crippen LogP contribution in [0.4, 0.5) is 5.69 Å². The van der Waals surface area contributed by atoms with Crippen LogP contribution >= 0.6 is 0 Å². The zero-order valence-corrected chi connectivity index (χ0v) is 15.6. The van der Waals surface area contributed by atoms with E-state index in [0.717, 1.165) is 19.4 Å². The minimum Gasteiger partial charge on any atom is -0.455 e. The first-order chi connectivity index (χ1) is 13.7. The molecule has 0 spiro atoms. The standard InChI is InChI=1S/C22H24N2O4/c25-21(23-14-16-9-6-12-27-16)17-13-18(17)22(26)24-19-10-4-5-11-20(19)28-15-7-2-1-3-8-15/h1-5,7-8,10-11,16-18H,6,9,12-14H2,(H,23,25)(H,24,26). The summed E-state index contributed by atoms with van der Waals surface area (Å²) in [5.41, 5.74) is 0.599. The lowest BCUT2D eigenvalue weighted by Crippen LogP contribution is -2.33. The lowest BCUT2D eigenvalue weighted by atomic mass is 10.2. The molecular formula is C22H24N2O4. The molecule has 3 unspecified atom stereocenters. The third kappa shape index (κ3) is 4.51. The SMILES string of the molecule is O=C(NCC1CCCO1)C1CC1C(=O)Nc1ccccc1Oc1ccccc1. The average molecular weight is 380 g/mol. The molecule has 1 saturated heterocycles. The number of carbonyl (C=O) groups is 2. The van der Waals surface area contributed by atoms with Gasteiger partial charge in [-0.2, -0.15) is 0 Å². The molecule has 6 heteroatoms. The van der Waals surface area contributed by atoms with Crippen molar-refractivity contribution in [1.82, 2.24) is 5.32 Å². The predicted octanol–water partition coefficient (Wildman–Crippen LogP) is 3.35. The van der Waals surface area contributed by atoms with Crippen molar-refractivity contribution in [2.75, 3.05) is 18.5 Å². The first-order valence-electron chi connectivity index (χ1n) is 9.73. The van der Waals surface area contributed by atoms with E-state index in [9.17, 15) is 9.59 Å². The molecule has 3 atom stereocenters. The Labute approximate surface area is 164 Å². The summed E-state index contributed by atoms with van der Waals surface area (Å²) in [6.07, 6.45) is 2.70. The van der Waals surface area contributed by atoms with Crippen LogP contribution in [0.2, 0.25) is 0 Å². The summed E-state index contributed by atoms with van der Waals surface area (Å²) in [6.45, 7) is 1.29. The summed E-state index contributed by atoms with van der Waals surface area (Å²) in [7, 11) is 0. The van der Waals surface area contributed by atoms with E-state index in [1.807, 2.05) is 42.5 Å². The first kappa shape index (κ1) is 18.5. The molecule has 2 aromatic carbocycles. The third-order valence-corrected chi connectivity index (χ3v) is 5.11. The van der Waals surface area contributed by atoms with E-state index in [1.165, 1.54) is 0 Å². The Morgan fingerprint density at radius 3 is 2.54 bits per heavy atom. The van der Waals surface area contributed by atoms with Gasteiger partial charge in [-0.3, -0.25) is 9.59 Å². The van der Waals surface area contributed by atoms with E-state index < -0.39 is 0 Å². The van der Waals surface area contributed by atoms with Gasteiger partial charge in [-0.05, 0) is 43.5 Å². The van der Waals surface area contributed by atoms with Crippen LogP contribution in [-0.4, -0.2) is 31.1 Å². The van der Waals surface area contributed by atoms with Gasteiger partial charge in [0.15, 0.2) is 5.75 Å². The second-order valence-corrected chi connectivity index (χ2v) is 7.23. The number of amides is 2. The molecule has 2 fully saturated rings. The van der Waals surface area contributed by atoms with Crippen molar-refractivity contribution in [2.24, 2.45) is 11.8 Å². The van der Waals surface area contributed by atoms with Crippen LogP contribution in [0.1, 0.15) is 19.3 Å². The lowest BCUT2D eigenvalue weighted by molar-refractivity contribution is -0.125. The lowest BCUT2D eigenvalue weighted by Gasteiger charge is -2.12. The molecule has 1 aliphatic heterocycles. The molecule has 0 aromatic heterocycles. The number of hydrogen-bond donors (Lipinski definition) is 2. The van der Waals surface area contributed by atoms with Gasteiger partial charge in [-0.25, -0.2) is 0 Å². The Morgan fingerprint density at radius 1 is 1.00 bits per heavy atom. The molecule has 146 valence electrons. The quantitative estimate of drug-likeness (QED) is 0.772. The molecule has 1 aliphatic carbocycles. The van der Waals surface area contributed by atoms with Crippen LogP contribution in [0.15, 0.2) is 54.6 Å². The highest BCUT2D eigenvalue weighted by molar-refractivity contribution is 6.00. The van der Waals surface area contributed by atoms with Gasteiger partial charge in [-0.15, -0.1) is 0 Å². The van der Waals surface area contributed by atoms with Gasteiger partial charge in [0.2, 0.25) is 11.8 Å². The molecule has 2 aromatic rings. The second-order valence-electron chi connectivity index (χ2n) is 7.23. The number of carbonyl (C=O) groups excluding carboxylic acids is 2. The molecule has 1 heterocycles.